The largest absolute Gasteiger partial charge is 0.443 e. The minimum absolute atomic E-state index is 0.0692. The van der Waals surface area contributed by atoms with E-state index < -0.39 is 0 Å². The molecule has 2 aliphatic heterocycles. The molecule has 3 aliphatic rings. The smallest absolute Gasteiger partial charge is 0.411 e. The highest BCUT2D eigenvalue weighted by atomic mass is 16.6. The highest BCUT2D eigenvalue weighted by Gasteiger charge is 2.63. The Kier molecular flexibility index (Phi) is 4.22. The monoisotopic (exact) mass is 330 g/mol. The molecule has 1 N–H and O–H groups in total. The van der Waals surface area contributed by atoms with Crippen LogP contribution in [0.2, 0.25) is 0 Å². The van der Waals surface area contributed by atoms with Crippen molar-refractivity contribution in [3.05, 3.63) is 35.9 Å². The van der Waals surface area contributed by atoms with Crippen LogP contribution in [0, 0.1) is 11.8 Å². The molecule has 1 saturated carbocycles. The Morgan fingerprint density at radius 1 is 1.33 bits per heavy atom. The molecule has 0 radical (unpaired) electrons. The predicted octanol–water partition coefficient (Wildman–Crippen LogP) is 2.41. The third-order valence-corrected chi connectivity index (χ3v) is 6.06. The van der Waals surface area contributed by atoms with Crippen LogP contribution in [0.3, 0.4) is 0 Å². The lowest BCUT2D eigenvalue weighted by Crippen LogP contribution is -2.69. The molecule has 3 atom stereocenters. The Hall–Kier alpha value is -1.59. The van der Waals surface area contributed by atoms with E-state index in [9.17, 15) is 4.79 Å². The second-order valence-electron chi connectivity index (χ2n) is 7.34. The molecule has 2 saturated heterocycles. The standard InChI is InChI=1S/C19H26N2O3/c1-23-12-15-10-20-13-19(16-8-5-9-16)17(15)24-18(22)21(19)11-14-6-3-2-4-7-14/h2-4,6-7,15-17,20H,5,8-13H2,1H3. The third-order valence-electron chi connectivity index (χ3n) is 6.06. The van der Waals surface area contributed by atoms with Crippen molar-refractivity contribution in [2.75, 3.05) is 26.8 Å². The van der Waals surface area contributed by atoms with E-state index in [1.165, 1.54) is 19.3 Å². The number of nitrogens with zero attached hydrogens (tertiary/aromatic N) is 1. The summed E-state index contributed by atoms with van der Waals surface area (Å²) in [5, 5.41) is 3.56. The first-order valence-corrected chi connectivity index (χ1v) is 8.97. The van der Waals surface area contributed by atoms with Gasteiger partial charge in [0, 0.05) is 32.7 Å². The second kappa shape index (κ2) is 6.37. The van der Waals surface area contributed by atoms with Crippen LogP contribution in [0.15, 0.2) is 30.3 Å². The van der Waals surface area contributed by atoms with Crippen molar-refractivity contribution < 1.29 is 14.3 Å². The first kappa shape index (κ1) is 15.9. The lowest BCUT2D eigenvalue weighted by molar-refractivity contribution is -0.0592. The summed E-state index contributed by atoms with van der Waals surface area (Å²) in [7, 11) is 1.72. The SMILES string of the molecule is COCC1CNCC2(C3CCC3)C1OC(=O)N2Cc1ccccc1. The van der Waals surface area contributed by atoms with Crippen LogP contribution in [0.25, 0.3) is 0 Å². The van der Waals surface area contributed by atoms with E-state index in [1.807, 2.05) is 23.1 Å². The van der Waals surface area contributed by atoms with Gasteiger partial charge >= 0.3 is 6.09 Å². The van der Waals surface area contributed by atoms with Gasteiger partial charge in [-0.2, -0.15) is 0 Å². The van der Waals surface area contributed by atoms with Crippen LogP contribution in [0.5, 0.6) is 0 Å². The fourth-order valence-electron chi connectivity index (χ4n) is 4.71. The van der Waals surface area contributed by atoms with Gasteiger partial charge in [0.05, 0.1) is 12.1 Å². The van der Waals surface area contributed by atoms with Crippen molar-refractivity contribution in [1.29, 1.82) is 0 Å². The van der Waals surface area contributed by atoms with E-state index in [2.05, 4.69) is 17.4 Å². The van der Waals surface area contributed by atoms with Crippen LogP contribution in [-0.2, 0) is 16.0 Å². The molecule has 1 aromatic carbocycles. The topological polar surface area (TPSA) is 50.8 Å². The van der Waals surface area contributed by atoms with Crippen LogP contribution >= 0.6 is 0 Å². The molecule has 130 valence electrons. The Balaban J connectivity index is 1.67. The summed E-state index contributed by atoms with van der Waals surface area (Å²) in [5.41, 5.74) is 0.926. The molecular formula is C19H26N2O3. The number of nitrogens with one attached hydrogen (secondary N) is 1. The molecule has 1 aliphatic carbocycles. The first-order chi connectivity index (χ1) is 11.8. The van der Waals surface area contributed by atoms with Gasteiger partial charge in [-0.25, -0.2) is 4.79 Å². The summed E-state index contributed by atoms with van der Waals surface area (Å²) >= 11 is 0. The fraction of sp³-hybridized carbons (Fsp3) is 0.632. The normalized spacial score (nSPS) is 33.0. The molecule has 0 bridgehead atoms. The van der Waals surface area contributed by atoms with E-state index in [0.717, 1.165) is 18.7 Å². The zero-order valence-electron chi connectivity index (χ0n) is 14.2. The predicted molar refractivity (Wildman–Crippen MR) is 90.6 cm³/mol. The molecule has 0 spiro atoms. The lowest BCUT2D eigenvalue weighted by atomic mass is 9.64. The van der Waals surface area contributed by atoms with Gasteiger partial charge in [0.2, 0.25) is 0 Å². The summed E-state index contributed by atoms with van der Waals surface area (Å²) in [6, 6.07) is 10.2. The number of amides is 1. The minimum Gasteiger partial charge on any atom is -0.443 e. The molecule has 3 unspecified atom stereocenters. The Morgan fingerprint density at radius 3 is 2.79 bits per heavy atom. The van der Waals surface area contributed by atoms with E-state index in [4.69, 9.17) is 9.47 Å². The molecule has 0 aromatic heterocycles. The molecule has 1 aromatic rings. The van der Waals surface area contributed by atoms with Crippen molar-refractivity contribution in [3.63, 3.8) is 0 Å². The molecule has 5 nitrogen and oxygen atoms in total. The van der Waals surface area contributed by atoms with Crippen molar-refractivity contribution in [3.8, 4) is 0 Å². The van der Waals surface area contributed by atoms with E-state index >= 15 is 0 Å². The molecule has 3 fully saturated rings. The summed E-state index contributed by atoms with van der Waals surface area (Å²) in [6.07, 6.45) is 3.38. The molecule has 1 amide bonds. The van der Waals surface area contributed by atoms with E-state index in [-0.39, 0.29) is 23.7 Å². The number of carbonyl (C=O) groups is 1. The van der Waals surface area contributed by atoms with E-state index in [1.54, 1.807) is 7.11 Å². The Morgan fingerprint density at radius 2 is 2.12 bits per heavy atom. The van der Waals surface area contributed by atoms with Crippen molar-refractivity contribution in [1.82, 2.24) is 10.2 Å². The average Bonchev–Trinajstić information content (AvgIpc) is 2.81. The highest BCUT2D eigenvalue weighted by Crippen LogP contribution is 2.49. The van der Waals surface area contributed by atoms with Gasteiger partial charge in [0.15, 0.2) is 0 Å². The first-order valence-electron chi connectivity index (χ1n) is 8.97. The number of rotatable bonds is 5. The molecular weight excluding hydrogens is 304 g/mol. The number of fused-ring (bicyclic) bond motifs is 1. The van der Waals surface area contributed by atoms with Gasteiger partial charge < -0.3 is 14.8 Å². The Bertz CT molecular complexity index is 588. The number of benzene rings is 1. The zero-order chi connectivity index (χ0) is 16.6. The minimum atomic E-state index is -0.230. The molecule has 2 heterocycles. The fourth-order valence-corrected chi connectivity index (χ4v) is 4.71. The molecule has 5 heteroatoms. The lowest BCUT2D eigenvalue weighted by Gasteiger charge is -2.52. The van der Waals surface area contributed by atoms with Crippen LogP contribution in [0.1, 0.15) is 24.8 Å². The van der Waals surface area contributed by atoms with Gasteiger partial charge in [-0.3, -0.25) is 4.90 Å². The summed E-state index contributed by atoms with van der Waals surface area (Å²) < 4.78 is 11.3. The average molecular weight is 330 g/mol. The number of carbonyl (C=O) groups excluding carboxylic acids is 1. The molecule has 4 rings (SSSR count). The van der Waals surface area contributed by atoms with Gasteiger partial charge in [-0.05, 0) is 24.3 Å². The van der Waals surface area contributed by atoms with Gasteiger partial charge in [-0.15, -0.1) is 0 Å². The van der Waals surface area contributed by atoms with Gasteiger partial charge in [0.25, 0.3) is 0 Å². The zero-order valence-corrected chi connectivity index (χ0v) is 14.2. The maximum atomic E-state index is 12.8. The third kappa shape index (κ3) is 2.42. The number of hydrogen-bond acceptors (Lipinski definition) is 4. The Labute approximate surface area is 143 Å². The number of methoxy groups -OCH3 is 1. The molecule has 24 heavy (non-hydrogen) atoms. The van der Waals surface area contributed by atoms with Gasteiger partial charge in [-0.1, -0.05) is 36.8 Å². The highest BCUT2D eigenvalue weighted by molar-refractivity contribution is 5.72. The number of ether oxygens (including phenoxy) is 2. The van der Waals surface area contributed by atoms with Gasteiger partial charge in [0.1, 0.15) is 6.10 Å². The van der Waals surface area contributed by atoms with Crippen LogP contribution in [-0.4, -0.2) is 49.4 Å². The van der Waals surface area contributed by atoms with Crippen LogP contribution < -0.4 is 5.32 Å². The maximum absolute atomic E-state index is 12.8. The summed E-state index contributed by atoms with van der Waals surface area (Å²) in [6.45, 7) is 2.91. The second-order valence-corrected chi connectivity index (χ2v) is 7.34. The number of piperidine rings is 1. The van der Waals surface area contributed by atoms with Crippen LogP contribution in [0.4, 0.5) is 4.79 Å². The summed E-state index contributed by atoms with van der Waals surface area (Å²) in [4.78, 5) is 14.8. The van der Waals surface area contributed by atoms with E-state index in [0.29, 0.717) is 19.1 Å². The summed E-state index contributed by atoms with van der Waals surface area (Å²) in [5.74, 6) is 0.735. The van der Waals surface area contributed by atoms with Crippen molar-refractivity contribution in [2.24, 2.45) is 11.8 Å². The maximum Gasteiger partial charge on any atom is 0.411 e. The number of hydrogen-bond donors (Lipinski definition) is 1. The quantitative estimate of drug-likeness (QED) is 0.901. The van der Waals surface area contributed by atoms with Crippen molar-refractivity contribution >= 4 is 6.09 Å². The van der Waals surface area contributed by atoms with Crippen molar-refractivity contribution in [2.45, 2.75) is 37.5 Å².